The number of carbonyl (C=O) groups is 1. The summed E-state index contributed by atoms with van der Waals surface area (Å²) >= 11 is 0. The third-order valence-corrected chi connectivity index (χ3v) is 3.56. The van der Waals surface area contributed by atoms with Crippen molar-refractivity contribution in [3.8, 4) is 11.5 Å². The summed E-state index contributed by atoms with van der Waals surface area (Å²) in [7, 11) is 5.57. The standard InChI is InChI=1S/C17H27N5O3/c1-5-25-15-8-7-14(11-16(15)24-4)13-22(10-6-9-21(2)3)17(23)12-19-20-18/h7-8,11H,5-6,9-10,12-13H2,1-4H3. The molecule has 1 aromatic rings. The van der Waals surface area contributed by atoms with Crippen LogP contribution in [0.5, 0.6) is 11.5 Å². The number of hydrogen-bond donors (Lipinski definition) is 0. The maximum atomic E-state index is 12.3. The van der Waals surface area contributed by atoms with Gasteiger partial charge in [0.1, 0.15) is 6.54 Å². The Balaban J connectivity index is 2.87. The SMILES string of the molecule is CCOc1ccc(CN(CCCN(C)C)C(=O)CN=[N+]=[N-])cc1OC. The van der Waals surface area contributed by atoms with Crippen molar-refractivity contribution in [3.05, 3.63) is 34.2 Å². The van der Waals surface area contributed by atoms with Crippen LogP contribution in [-0.4, -0.2) is 63.2 Å². The van der Waals surface area contributed by atoms with Crippen molar-refractivity contribution in [3.63, 3.8) is 0 Å². The zero-order valence-corrected chi connectivity index (χ0v) is 15.4. The molecular weight excluding hydrogens is 322 g/mol. The smallest absolute Gasteiger partial charge is 0.228 e. The van der Waals surface area contributed by atoms with E-state index in [0.717, 1.165) is 18.5 Å². The molecule has 8 heteroatoms. The first kappa shape index (κ1) is 20.6. The van der Waals surface area contributed by atoms with Crippen LogP contribution in [0.1, 0.15) is 18.9 Å². The second-order valence-electron chi connectivity index (χ2n) is 5.78. The summed E-state index contributed by atoms with van der Waals surface area (Å²) in [6.07, 6.45) is 0.836. The second kappa shape index (κ2) is 11.2. The van der Waals surface area contributed by atoms with Crippen molar-refractivity contribution in [1.82, 2.24) is 9.80 Å². The van der Waals surface area contributed by atoms with E-state index in [1.165, 1.54) is 0 Å². The molecule has 0 aliphatic carbocycles. The first-order valence-corrected chi connectivity index (χ1v) is 8.24. The molecule has 0 aliphatic rings. The van der Waals surface area contributed by atoms with Crippen LogP contribution in [0.25, 0.3) is 10.4 Å². The number of methoxy groups -OCH3 is 1. The summed E-state index contributed by atoms with van der Waals surface area (Å²) in [6.45, 7) is 4.18. The Morgan fingerprint density at radius 2 is 2.04 bits per heavy atom. The molecule has 0 aliphatic heterocycles. The third kappa shape index (κ3) is 7.32. The minimum atomic E-state index is -0.190. The van der Waals surface area contributed by atoms with E-state index in [4.69, 9.17) is 15.0 Å². The molecule has 8 nitrogen and oxygen atoms in total. The van der Waals surface area contributed by atoms with Gasteiger partial charge in [0.2, 0.25) is 5.91 Å². The molecule has 0 bridgehead atoms. The minimum Gasteiger partial charge on any atom is -0.493 e. The quantitative estimate of drug-likeness (QED) is 0.349. The molecule has 25 heavy (non-hydrogen) atoms. The Morgan fingerprint density at radius 3 is 2.64 bits per heavy atom. The summed E-state index contributed by atoms with van der Waals surface area (Å²) in [6, 6.07) is 5.62. The Morgan fingerprint density at radius 1 is 1.28 bits per heavy atom. The topological polar surface area (TPSA) is 90.8 Å². The average Bonchev–Trinajstić information content (AvgIpc) is 2.59. The van der Waals surface area contributed by atoms with Gasteiger partial charge in [0.15, 0.2) is 11.5 Å². The van der Waals surface area contributed by atoms with Crippen molar-refractivity contribution < 1.29 is 14.3 Å². The molecule has 0 heterocycles. The maximum Gasteiger partial charge on any atom is 0.228 e. The molecule has 0 unspecified atom stereocenters. The zero-order chi connectivity index (χ0) is 18.7. The first-order valence-electron chi connectivity index (χ1n) is 8.24. The van der Waals surface area contributed by atoms with Gasteiger partial charge in [0.05, 0.1) is 13.7 Å². The van der Waals surface area contributed by atoms with Gasteiger partial charge in [-0.05, 0) is 57.2 Å². The van der Waals surface area contributed by atoms with Gasteiger partial charge in [-0.2, -0.15) is 0 Å². The molecule has 1 aromatic carbocycles. The summed E-state index contributed by atoms with van der Waals surface area (Å²) in [5.41, 5.74) is 9.37. The monoisotopic (exact) mass is 349 g/mol. The molecule has 138 valence electrons. The van der Waals surface area contributed by atoms with E-state index in [9.17, 15) is 4.79 Å². The van der Waals surface area contributed by atoms with Gasteiger partial charge < -0.3 is 19.3 Å². The van der Waals surface area contributed by atoms with E-state index in [2.05, 4.69) is 14.9 Å². The maximum absolute atomic E-state index is 12.3. The first-order chi connectivity index (χ1) is 12.0. The molecule has 0 saturated heterocycles. The van der Waals surface area contributed by atoms with Crippen LogP contribution in [0, 0.1) is 0 Å². The van der Waals surface area contributed by atoms with Crippen molar-refractivity contribution in [1.29, 1.82) is 0 Å². The summed E-state index contributed by atoms with van der Waals surface area (Å²) in [5, 5.41) is 3.38. The van der Waals surface area contributed by atoms with E-state index >= 15 is 0 Å². The fourth-order valence-corrected chi connectivity index (χ4v) is 2.37. The Bertz CT molecular complexity index is 600. The van der Waals surface area contributed by atoms with Gasteiger partial charge in [-0.15, -0.1) is 0 Å². The van der Waals surface area contributed by atoms with E-state index in [0.29, 0.717) is 31.2 Å². The van der Waals surface area contributed by atoms with Crippen LogP contribution in [0.15, 0.2) is 23.3 Å². The van der Waals surface area contributed by atoms with Crippen LogP contribution >= 0.6 is 0 Å². The zero-order valence-electron chi connectivity index (χ0n) is 15.4. The molecule has 1 rings (SSSR count). The number of ether oxygens (including phenoxy) is 2. The lowest BCUT2D eigenvalue weighted by molar-refractivity contribution is -0.130. The highest BCUT2D eigenvalue weighted by atomic mass is 16.5. The second-order valence-corrected chi connectivity index (χ2v) is 5.78. The molecular formula is C17H27N5O3. The molecule has 1 amide bonds. The van der Waals surface area contributed by atoms with Gasteiger partial charge in [0, 0.05) is 18.0 Å². The summed E-state index contributed by atoms with van der Waals surface area (Å²) in [5.74, 6) is 1.12. The molecule has 0 atom stereocenters. The lowest BCUT2D eigenvalue weighted by Gasteiger charge is -2.23. The van der Waals surface area contributed by atoms with Gasteiger partial charge in [0.25, 0.3) is 0 Å². The molecule has 0 radical (unpaired) electrons. The lowest BCUT2D eigenvalue weighted by Crippen LogP contribution is -2.34. The fourth-order valence-electron chi connectivity index (χ4n) is 2.37. The summed E-state index contributed by atoms with van der Waals surface area (Å²) in [4.78, 5) is 18.7. The number of azide groups is 1. The van der Waals surface area contributed by atoms with E-state index in [1.54, 1.807) is 12.0 Å². The molecule has 0 aromatic heterocycles. The van der Waals surface area contributed by atoms with Gasteiger partial charge in [-0.25, -0.2) is 0 Å². The van der Waals surface area contributed by atoms with E-state index in [1.807, 2.05) is 39.2 Å². The van der Waals surface area contributed by atoms with Crippen molar-refractivity contribution in [2.75, 3.05) is 47.4 Å². The molecule has 0 N–H and O–H groups in total. The molecule has 0 fully saturated rings. The third-order valence-electron chi connectivity index (χ3n) is 3.56. The van der Waals surface area contributed by atoms with Crippen LogP contribution in [0.3, 0.4) is 0 Å². The Hall–Kier alpha value is -2.44. The molecule has 0 spiro atoms. The number of hydrogen-bond acceptors (Lipinski definition) is 5. The highest BCUT2D eigenvalue weighted by molar-refractivity contribution is 5.78. The Labute approximate surface area is 148 Å². The van der Waals surface area contributed by atoms with Crippen LogP contribution < -0.4 is 9.47 Å². The average molecular weight is 349 g/mol. The summed E-state index contributed by atoms with van der Waals surface area (Å²) < 4.78 is 10.9. The van der Waals surface area contributed by atoms with Crippen molar-refractivity contribution in [2.24, 2.45) is 5.11 Å². The number of nitrogens with zero attached hydrogens (tertiary/aromatic N) is 5. The predicted molar refractivity (Wildman–Crippen MR) is 96.8 cm³/mol. The van der Waals surface area contributed by atoms with Gasteiger partial charge >= 0.3 is 0 Å². The minimum absolute atomic E-state index is 0.174. The fraction of sp³-hybridized carbons (Fsp3) is 0.588. The number of benzene rings is 1. The van der Waals surface area contributed by atoms with Crippen molar-refractivity contribution >= 4 is 5.91 Å². The Kier molecular flexibility index (Phi) is 9.21. The van der Waals surface area contributed by atoms with E-state index < -0.39 is 0 Å². The normalized spacial score (nSPS) is 10.3. The highest BCUT2D eigenvalue weighted by Crippen LogP contribution is 2.28. The predicted octanol–water partition coefficient (Wildman–Crippen LogP) is 2.68. The number of amides is 1. The van der Waals surface area contributed by atoms with Gasteiger partial charge in [-0.1, -0.05) is 11.2 Å². The van der Waals surface area contributed by atoms with Crippen LogP contribution in [0.4, 0.5) is 0 Å². The van der Waals surface area contributed by atoms with E-state index in [-0.39, 0.29) is 12.5 Å². The largest absolute Gasteiger partial charge is 0.493 e. The molecule has 0 saturated carbocycles. The number of carbonyl (C=O) groups excluding carboxylic acids is 1. The van der Waals surface area contributed by atoms with Gasteiger partial charge in [-0.3, -0.25) is 4.79 Å². The highest BCUT2D eigenvalue weighted by Gasteiger charge is 2.15. The van der Waals surface area contributed by atoms with Crippen LogP contribution in [0.2, 0.25) is 0 Å². The van der Waals surface area contributed by atoms with Crippen LogP contribution in [-0.2, 0) is 11.3 Å². The number of rotatable bonds is 11. The lowest BCUT2D eigenvalue weighted by atomic mass is 10.1. The van der Waals surface area contributed by atoms with Crippen molar-refractivity contribution in [2.45, 2.75) is 19.9 Å².